The summed E-state index contributed by atoms with van der Waals surface area (Å²) in [4.78, 5) is 38.4. The molecule has 44 heavy (non-hydrogen) atoms. The van der Waals surface area contributed by atoms with Gasteiger partial charge in [0.05, 0.1) is 12.7 Å². The van der Waals surface area contributed by atoms with Gasteiger partial charge >= 0.3 is 19.4 Å². The van der Waals surface area contributed by atoms with Gasteiger partial charge in [0.15, 0.2) is 11.9 Å². The monoisotopic (exact) mass is 636 g/mol. The predicted octanol–water partition coefficient (Wildman–Crippen LogP) is 3.03. The van der Waals surface area contributed by atoms with E-state index < -0.39 is 67.8 Å². The quantitative estimate of drug-likeness (QED) is 0.223. The molecule has 0 saturated carbocycles. The largest absolute Gasteiger partial charge is 0.462 e. The Balaban J connectivity index is 1.41. The molecule has 0 amide bonds. The smallest absolute Gasteiger partial charge is 0.459 e. The van der Waals surface area contributed by atoms with Gasteiger partial charge < -0.3 is 23.7 Å². The summed E-state index contributed by atoms with van der Waals surface area (Å²) in [5.74, 6) is -0.497. The average molecular weight is 637 g/mol. The normalized spacial score (nSPS) is 25.5. The van der Waals surface area contributed by atoms with Gasteiger partial charge in [0.25, 0.3) is 5.56 Å². The maximum Gasteiger partial charge on any atom is 0.459 e. The molecule has 1 aromatic carbocycles. The molecule has 1 aliphatic heterocycles. The Hall–Kier alpha value is -3.29. The maximum absolute atomic E-state index is 15.7. The van der Waals surface area contributed by atoms with Gasteiger partial charge in [-0.3, -0.25) is 23.7 Å². The fraction of sp³-hybridized carbons (Fsp3) is 0.552. The third-order valence-electron chi connectivity index (χ3n) is 8.01. The number of benzene rings is 1. The highest BCUT2D eigenvalue weighted by molar-refractivity contribution is 7.52. The minimum absolute atomic E-state index is 0.206. The Bertz CT molecular complexity index is 1710. The lowest BCUT2D eigenvalue weighted by Gasteiger charge is -2.25. The first kappa shape index (κ1) is 32.1. The minimum Gasteiger partial charge on any atom is -0.462 e. The summed E-state index contributed by atoms with van der Waals surface area (Å²) in [6.45, 7) is 5.16. The van der Waals surface area contributed by atoms with E-state index in [2.05, 4.69) is 9.65 Å². The van der Waals surface area contributed by atoms with E-state index in [0.717, 1.165) is 60.3 Å². The number of carbonyl (C=O) groups is 1. The van der Waals surface area contributed by atoms with Crippen LogP contribution in [0.5, 0.6) is 5.75 Å². The van der Waals surface area contributed by atoms with Crippen LogP contribution in [0.25, 0.3) is 10.9 Å². The molecule has 1 aliphatic carbocycles. The molecule has 0 bridgehead atoms. The van der Waals surface area contributed by atoms with E-state index >= 15 is 4.39 Å². The van der Waals surface area contributed by atoms with Gasteiger partial charge in [-0.05, 0) is 77.1 Å². The van der Waals surface area contributed by atoms with Crippen LogP contribution in [-0.2, 0) is 43.2 Å². The van der Waals surface area contributed by atoms with Crippen LogP contribution in [0.2, 0.25) is 0 Å². The van der Waals surface area contributed by atoms with Crippen molar-refractivity contribution in [1.82, 2.24) is 19.2 Å². The summed E-state index contributed by atoms with van der Waals surface area (Å²) < 4.78 is 55.3. The van der Waals surface area contributed by atoms with Crippen LogP contribution in [0.3, 0.4) is 0 Å². The molecule has 1 saturated heterocycles. The van der Waals surface area contributed by atoms with Crippen LogP contribution in [0.1, 0.15) is 58.0 Å². The van der Waals surface area contributed by atoms with Crippen molar-refractivity contribution in [2.45, 2.75) is 89.6 Å². The van der Waals surface area contributed by atoms with Gasteiger partial charge in [0.2, 0.25) is 0 Å². The number of hydrogen-bond acceptors (Lipinski definition) is 9. The van der Waals surface area contributed by atoms with Gasteiger partial charge in [-0.2, -0.15) is 5.09 Å². The van der Waals surface area contributed by atoms with E-state index in [0.29, 0.717) is 0 Å². The molecular weight excluding hydrogens is 598 g/mol. The van der Waals surface area contributed by atoms with E-state index in [1.165, 1.54) is 18.2 Å². The fourth-order valence-electron chi connectivity index (χ4n) is 5.79. The Labute approximate surface area is 252 Å². The summed E-state index contributed by atoms with van der Waals surface area (Å²) in [6, 6.07) is 5.15. The molecule has 6 atom stereocenters. The van der Waals surface area contributed by atoms with E-state index in [9.17, 15) is 24.1 Å². The number of nitrogens with zero attached hydrogens (tertiary/aromatic N) is 2. The molecule has 240 valence electrons. The molecule has 5 rings (SSSR count). The van der Waals surface area contributed by atoms with Crippen LogP contribution in [0.15, 0.2) is 40.1 Å². The fourth-order valence-corrected chi connectivity index (χ4v) is 7.28. The van der Waals surface area contributed by atoms with Gasteiger partial charge in [0, 0.05) is 35.9 Å². The number of hydrogen-bond donors (Lipinski definition) is 3. The number of esters is 1. The number of aliphatic hydroxyl groups is 1. The number of carbonyl (C=O) groups excluding carboxylic acids is 1. The number of halogens is 1. The average Bonchev–Trinajstić information content (AvgIpc) is 3.36. The Morgan fingerprint density at radius 2 is 1.98 bits per heavy atom. The molecule has 0 radical (unpaired) electrons. The standard InChI is InChI=1S/C29H38FN4O9P/c1-16(2)41-26(37)17(3)32-44(39,43-18-10-11-22-20(14-18)19-8-6-7-9-21(19)33(22)5)40-15-23-25(36)29(4,30)27(42-23)34-13-12-24(35)31-28(34)38/h10-14,16-17,23,25,27,36H,6-9,15H2,1-5H3,(H,32,39)(H,31,35,38)/t17-,23+,25+,27+,29+,44?/m0/s1. The maximum atomic E-state index is 15.7. The van der Waals surface area contributed by atoms with Gasteiger partial charge in [0.1, 0.15) is 24.0 Å². The van der Waals surface area contributed by atoms with Gasteiger partial charge in [-0.15, -0.1) is 0 Å². The van der Waals surface area contributed by atoms with E-state index in [-0.39, 0.29) is 5.75 Å². The first-order valence-corrected chi connectivity index (χ1v) is 16.1. The number of alkyl halides is 1. The van der Waals surface area contributed by atoms with Crippen molar-refractivity contribution < 1.29 is 37.4 Å². The minimum atomic E-state index is -4.41. The van der Waals surface area contributed by atoms with Crippen molar-refractivity contribution in [2.75, 3.05) is 6.61 Å². The zero-order valence-electron chi connectivity index (χ0n) is 25.2. The Morgan fingerprint density at radius 1 is 1.25 bits per heavy atom. The van der Waals surface area contributed by atoms with Crippen molar-refractivity contribution in [3.63, 3.8) is 0 Å². The topological polar surface area (TPSA) is 163 Å². The van der Waals surface area contributed by atoms with Crippen molar-refractivity contribution in [1.29, 1.82) is 0 Å². The second-order valence-electron chi connectivity index (χ2n) is 11.7. The van der Waals surface area contributed by atoms with Crippen molar-refractivity contribution in [3.05, 3.63) is 62.6 Å². The number of fused-ring (bicyclic) bond motifs is 3. The highest BCUT2D eigenvalue weighted by Gasteiger charge is 2.56. The summed E-state index contributed by atoms with van der Waals surface area (Å²) >= 11 is 0. The molecule has 1 fully saturated rings. The number of ether oxygens (including phenoxy) is 2. The molecule has 0 spiro atoms. The second kappa shape index (κ2) is 12.2. The zero-order valence-corrected chi connectivity index (χ0v) is 26.1. The summed E-state index contributed by atoms with van der Waals surface area (Å²) in [7, 11) is -2.41. The molecule has 13 nitrogen and oxygen atoms in total. The highest BCUT2D eigenvalue weighted by Crippen LogP contribution is 2.48. The molecule has 3 heterocycles. The SMILES string of the molecule is CC(C)OC(=O)[C@H](C)NP(=O)(OC[C@H]1O[C@@H](n2ccc(=O)[nH]c2=O)[C@](C)(F)[C@@H]1O)Oc1ccc2c(c1)c1c(n2C)CCCC1. The Kier molecular flexibility index (Phi) is 8.94. The van der Waals surface area contributed by atoms with Gasteiger partial charge in [-0.1, -0.05) is 0 Å². The number of aromatic nitrogens is 3. The molecule has 1 unspecified atom stereocenters. The van der Waals surface area contributed by atoms with Crippen LogP contribution in [0, 0.1) is 0 Å². The molecular formula is C29H38FN4O9P. The second-order valence-corrected chi connectivity index (χ2v) is 13.4. The molecule has 15 heteroatoms. The van der Waals surface area contributed by atoms with Crippen molar-refractivity contribution >= 4 is 24.6 Å². The summed E-state index contributed by atoms with van der Waals surface area (Å²) in [6.07, 6.45) is -0.230. The van der Waals surface area contributed by atoms with E-state index in [4.69, 9.17) is 18.5 Å². The number of aliphatic hydroxyl groups excluding tert-OH is 1. The molecule has 2 aromatic heterocycles. The lowest BCUT2D eigenvalue weighted by molar-refractivity contribution is -0.149. The predicted molar refractivity (Wildman–Crippen MR) is 158 cm³/mol. The zero-order chi connectivity index (χ0) is 32.0. The third-order valence-corrected chi connectivity index (χ3v) is 9.65. The van der Waals surface area contributed by atoms with Crippen LogP contribution in [-0.4, -0.2) is 61.8 Å². The first-order valence-electron chi connectivity index (χ1n) is 14.6. The Morgan fingerprint density at radius 3 is 2.68 bits per heavy atom. The lowest BCUT2D eigenvalue weighted by Crippen LogP contribution is -2.43. The number of aromatic amines is 1. The molecule has 3 N–H and O–H groups in total. The summed E-state index contributed by atoms with van der Waals surface area (Å²) in [5.41, 5.74) is -0.690. The van der Waals surface area contributed by atoms with Crippen LogP contribution in [0.4, 0.5) is 4.39 Å². The van der Waals surface area contributed by atoms with E-state index in [1.54, 1.807) is 26.0 Å². The number of rotatable bonds is 10. The number of aryl methyl sites for hydroxylation is 2. The first-order chi connectivity index (χ1) is 20.7. The molecule has 2 aliphatic rings. The summed E-state index contributed by atoms with van der Waals surface area (Å²) in [5, 5.41) is 14.3. The van der Waals surface area contributed by atoms with Crippen LogP contribution < -0.4 is 20.9 Å². The number of nitrogens with one attached hydrogen (secondary N) is 2. The molecule has 3 aromatic rings. The number of H-pyrrole nitrogens is 1. The highest BCUT2D eigenvalue weighted by atomic mass is 31.2. The lowest BCUT2D eigenvalue weighted by atomic mass is 9.95. The van der Waals surface area contributed by atoms with Crippen molar-refractivity contribution in [2.24, 2.45) is 7.05 Å². The van der Waals surface area contributed by atoms with Crippen molar-refractivity contribution in [3.8, 4) is 5.75 Å². The van der Waals surface area contributed by atoms with Crippen LogP contribution >= 0.6 is 7.75 Å². The van der Waals surface area contributed by atoms with E-state index in [1.807, 2.05) is 18.1 Å². The third kappa shape index (κ3) is 6.27. The van der Waals surface area contributed by atoms with Gasteiger partial charge in [-0.25, -0.2) is 13.8 Å².